The maximum atomic E-state index is 3.43. The van der Waals surface area contributed by atoms with Crippen LogP contribution >= 0.6 is 11.3 Å². The SMILES string of the molecule is c1ccc2c(c1)NB(c1ccsc1)N2. The van der Waals surface area contributed by atoms with Crippen molar-refractivity contribution in [3.05, 3.63) is 41.1 Å². The smallest absolute Gasteiger partial charge is 0.404 e. The predicted molar refractivity (Wildman–Crippen MR) is 63.4 cm³/mol. The molecule has 0 unspecified atom stereocenters. The average molecular weight is 200 g/mol. The van der Waals surface area contributed by atoms with Gasteiger partial charge in [-0.25, -0.2) is 0 Å². The summed E-state index contributed by atoms with van der Waals surface area (Å²) >= 11 is 1.73. The van der Waals surface area contributed by atoms with Crippen molar-refractivity contribution in [3.8, 4) is 0 Å². The molecular weight excluding hydrogens is 191 g/mol. The minimum Gasteiger partial charge on any atom is -0.404 e. The average Bonchev–Trinajstić information content (AvgIpc) is 2.86. The van der Waals surface area contributed by atoms with E-state index in [1.807, 2.05) is 12.1 Å². The van der Waals surface area contributed by atoms with Gasteiger partial charge in [-0.05, 0) is 28.4 Å². The van der Waals surface area contributed by atoms with E-state index in [-0.39, 0.29) is 6.98 Å². The molecule has 0 amide bonds. The number of para-hydroxylation sites is 2. The summed E-state index contributed by atoms with van der Waals surface area (Å²) in [5, 5.41) is 11.1. The van der Waals surface area contributed by atoms with Crippen LogP contribution in [0.25, 0.3) is 0 Å². The van der Waals surface area contributed by atoms with Gasteiger partial charge < -0.3 is 10.5 Å². The van der Waals surface area contributed by atoms with Crippen LogP contribution in [0.2, 0.25) is 0 Å². The highest BCUT2D eigenvalue weighted by Gasteiger charge is 2.25. The molecule has 0 aliphatic carbocycles. The van der Waals surface area contributed by atoms with Crippen LogP contribution < -0.4 is 15.9 Å². The Balaban J connectivity index is 1.92. The summed E-state index contributed by atoms with van der Waals surface area (Å²) in [6.07, 6.45) is 0. The Labute approximate surface area is 87.1 Å². The van der Waals surface area contributed by atoms with Crippen LogP contribution in [0.1, 0.15) is 0 Å². The van der Waals surface area contributed by atoms with Crippen molar-refractivity contribution < 1.29 is 0 Å². The van der Waals surface area contributed by atoms with Crippen molar-refractivity contribution in [2.75, 3.05) is 10.5 Å². The molecule has 0 saturated carbocycles. The van der Waals surface area contributed by atoms with E-state index in [1.165, 1.54) is 16.8 Å². The Bertz CT molecular complexity index is 416. The van der Waals surface area contributed by atoms with Gasteiger partial charge in [0.05, 0.1) is 0 Å². The van der Waals surface area contributed by atoms with Crippen LogP contribution in [0.3, 0.4) is 0 Å². The predicted octanol–water partition coefficient (Wildman–Crippen LogP) is 1.98. The third kappa shape index (κ3) is 1.19. The van der Waals surface area contributed by atoms with Crippen LogP contribution in [0.15, 0.2) is 41.1 Å². The fourth-order valence-corrected chi connectivity index (χ4v) is 2.37. The zero-order valence-corrected chi connectivity index (χ0v) is 8.34. The number of anilines is 2. The molecule has 68 valence electrons. The highest BCUT2D eigenvalue weighted by atomic mass is 32.1. The summed E-state index contributed by atoms with van der Waals surface area (Å²) in [5.41, 5.74) is 3.67. The third-order valence-corrected chi connectivity index (χ3v) is 3.10. The van der Waals surface area contributed by atoms with Gasteiger partial charge in [0.2, 0.25) is 0 Å². The molecule has 1 aliphatic heterocycles. The standard InChI is InChI=1S/C10H9BN2S/c1-2-4-10-9(3-1)12-11(13-10)8-5-6-14-7-8/h1-7,12-13H. The molecule has 0 spiro atoms. The zero-order valence-electron chi connectivity index (χ0n) is 7.53. The molecule has 0 bridgehead atoms. The van der Waals surface area contributed by atoms with E-state index in [0.29, 0.717) is 0 Å². The lowest BCUT2D eigenvalue weighted by atomic mass is 9.71. The summed E-state index contributed by atoms with van der Waals surface area (Å²) in [6.45, 7) is 0.235. The van der Waals surface area contributed by atoms with Gasteiger partial charge in [0.25, 0.3) is 0 Å². The third-order valence-electron chi connectivity index (χ3n) is 2.40. The van der Waals surface area contributed by atoms with E-state index >= 15 is 0 Å². The summed E-state index contributed by atoms with van der Waals surface area (Å²) in [6, 6.07) is 10.4. The molecule has 2 N–H and O–H groups in total. The summed E-state index contributed by atoms with van der Waals surface area (Å²) < 4.78 is 0. The van der Waals surface area contributed by atoms with Crippen LogP contribution in [0, 0.1) is 0 Å². The van der Waals surface area contributed by atoms with Gasteiger partial charge in [-0.15, -0.1) is 0 Å². The minimum atomic E-state index is 0.235. The number of nitrogens with one attached hydrogen (secondary N) is 2. The van der Waals surface area contributed by atoms with Crippen molar-refractivity contribution in [1.29, 1.82) is 0 Å². The van der Waals surface area contributed by atoms with Crippen LogP contribution in [-0.4, -0.2) is 6.98 Å². The monoisotopic (exact) mass is 200 g/mol. The lowest BCUT2D eigenvalue weighted by Crippen LogP contribution is -2.40. The maximum absolute atomic E-state index is 3.43. The molecule has 3 rings (SSSR count). The molecule has 0 radical (unpaired) electrons. The molecule has 2 aromatic rings. The molecule has 4 heteroatoms. The number of hydrogen-bond acceptors (Lipinski definition) is 3. The lowest BCUT2D eigenvalue weighted by molar-refractivity contribution is 1.70. The second-order valence-electron chi connectivity index (χ2n) is 3.32. The first kappa shape index (κ1) is 7.94. The van der Waals surface area contributed by atoms with Crippen LogP contribution in [0.4, 0.5) is 11.4 Å². The van der Waals surface area contributed by atoms with Crippen molar-refractivity contribution in [2.45, 2.75) is 0 Å². The van der Waals surface area contributed by atoms with Crippen LogP contribution in [0.5, 0.6) is 0 Å². The van der Waals surface area contributed by atoms with Crippen molar-refractivity contribution in [3.63, 3.8) is 0 Å². The topological polar surface area (TPSA) is 24.1 Å². The van der Waals surface area contributed by atoms with Gasteiger partial charge >= 0.3 is 6.98 Å². The largest absolute Gasteiger partial charge is 0.407 e. The van der Waals surface area contributed by atoms with E-state index in [0.717, 1.165) is 0 Å². The Morgan fingerprint density at radius 3 is 2.29 bits per heavy atom. The van der Waals surface area contributed by atoms with Gasteiger partial charge in [-0.3, -0.25) is 0 Å². The minimum absolute atomic E-state index is 0.235. The molecule has 1 aromatic carbocycles. The second kappa shape index (κ2) is 3.06. The number of fused-ring (bicyclic) bond motifs is 1. The van der Waals surface area contributed by atoms with Crippen molar-refractivity contribution >= 4 is 35.2 Å². The quantitative estimate of drug-likeness (QED) is 0.687. The van der Waals surface area contributed by atoms with E-state index in [9.17, 15) is 0 Å². The summed E-state index contributed by atoms with van der Waals surface area (Å²) in [7, 11) is 0. The Kier molecular flexibility index (Phi) is 1.74. The first-order valence-electron chi connectivity index (χ1n) is 4.58. The fourth-order valence-electron chi connectivity index (χ4n) is 1.69. The molecule has 0 saturated heterocycles. The van der Waals surface area contributed by atoms with E-state index < -0.39 is 0 Å². The van der Waals surface area contributed by atoms with E-state index in [1.54, 1.807) is 11.3 Å². The second-order valence-corrected chi connectivity index (χ2v) is 4.10. The molecule has 2 nitrogen and oxygen atoms in total. The summed E-state index contributed by atoms with van der Waals surface area (Å²) in [4.78, 5) is 0. The Morgan fingerprint density at radius 1 is 1.00 bits per heavy atom. The van der Waals surface area contributed by atoms with Crippen molar-refractivity contribution in [2.24, 2.45) is 0 Å². The Hall–Kier alpha value is -1.42. The van der Waals surface area contributed by atoms with Crippen molar-refractivity contribution in [1.82, 2.24) is 0 Å². The number of hydrogen-bond donors (Lipinski definition) is 2. The number of benzene rings is 1. The number of thiophene rings is 1. The molecule has 14 heavy (non-hydrogen) atoms. The van der Waals surface area contributed by atoms with Gasteiger partial charge in [-0.1, -0.05) is 18.2 Å². The maximum Gasteiger partial charge on any atom is 0.407 e. The molecule has 2 heterocycles. The first-order chi connectivity index (χ1) is 6.93. The van der Waals surface area contributed by atoms with Crippen LogP contribution in [-0.2, 0) is 0 Å². The fraction of sp³-hybridized carbons (Fsp3) is 0. The molecule has 1 aromatic heterocycles. The van der Waals surface area contributed by atoms with E-state index in [4.69, 9.17) is 0 Å². The normalized spacial score (nSPS) is 13.3. The Morgan fingerprint density at radius 2 is 1.71 bits per heavy atom. The summed E-state index contributed by atoms with van der Waals surface area (Å²) in [5.74, 6) is 0. The zero-order chi connectivity index (χ0) is 9.38. The molecule has 0 atom stereocenters. The highest BCUT2D eigenvalue weighted by molar-refractivity contribution is 7.09. The van der Waals surface area contributed by atoms with Gasteiger partial charge in [0.15, 0.2) is 0 Å². The van der Waals surface area contributed by atoms with E-state index in [2.05, 4.69) is 39.4 Å². The lowest BCUT2D eigenvalue weighted by Gasteiger charge is -2.03. The molecule has 1 aliphatic rings. The van der Waals surface area contributed by atoms with Gasteiger partial charge in [0, 0.05) is 11.4 Å². The van der Waals surface area contributed by atoms with Gasteiger partial charge in [0.1, 0.15) is 0 Å². The molecular formula is C10H9BN2S. The van der Waals surface area contributed by atoms with Gasteiger partial charge in [-0.2, -0.15) is 11.3 Å². The highest BCUT2D eigenvalue weighted by Crippen LogP contribution is 2.26. The first-order valence-corrected chi connectivity index (χ1v) is 5.52. The number of rotatable bonds is 1. The molecule has 0 fully saturated rings.